The maximum Gasteiger partial charge on any atom is 0.257 e. The van der Waals surface area contributed by atoms with Crippen LogP contribution in [0.3, 0.4) is 0 Å². The Morgan fingerprint density at radius 2 is 1.38 bits per heavy atom. The number of rotatable bonds is 7. The fraction of sp³-hybridized carbons (Fsp3) is 0.128. The zero-order chi connectivity index (χ0) is 34.2. The summed E-state index contributed by atoms with van der Waals surface area (Å²) in [4.78, 5) is 13.1. The summed E-state index contributed by atoms with van der Waals surface area (Å²) in [5.74, 6) is -3.92. The van der Waals surface area contributed by atoms with Crippen molar-refractivity contribution in [3.63, 3.8) is 0 Å². The Morgan fingerprint density at radius 1 is 0.771 bits per heavy atom. The lowest BCUT2D eigenvalue weighted by Gasteiger charge is -2.34. The van der Waals surface area contributed by atoms with Crippen molar-refractivity contribution in [1.29, 1.82) is 5.26 Å². The summed E-state index contributed by atoms with van der Waals surface area (Å²) in [6.45, 7) is 11.3. The van der Waals surface area contributed by atoms with Crippen molar-refractivity contribution < 1.29 is 17.6 Å². The first-order valence-corrected chi connectivity index (χ1v) is 15.0. The molecule has 0 unspecified atom stereocenters. The van der Waals surface area contributed by atoms with E-state index in [0.717, 1.165) is 28.8 Å². The molecule has 2 heterocycles. The average molecular weight is 642 g/mol. The number of benzene rings is 4. The number of aryl methyl sites for hydroxylation is 1. The summed E-state index contributed by atoms with van der Waals surface area (Å²) in [6, 6.07) is 28.6. The number of hydrogen-bond donors (Lipinski definition) is 0. The Balaban J connectivity index is 1.74. The molecule has 4 aromatic carbocycles. The van der Waals surface area contributed by atoms with Crippen LogP contribution >= 0.6 is 0 Å². The van der Waals surface area contributed by atoms with Crippen LogP contribution in [0.4, 0.5) is 23.2 Å². The number of pyridine rings is 1. The van der Waals surface area contributed by atoms with Gasteiger partial charge in [-0.05, 0) is 59.0 Å². The predicted molar refractivity (Wildman–Crippen MR) is 175 cm³/mol. The molecule has 0 aliphatic heterocycles. The minimum absolute atomic E-state index is 0.0414. The molecule has 0 aliphatic carbocycles. The molecule has 9 heteroatoms. The highest BCUT2D eigenvalue weighted by molar-refractivity contribution is 5.70. The van der Waals surface area contributed by atoms with Crippen molar-refractivity contribution in [2.75, 3.05) is 0 Å². The van der Waals surface area contributed by atoms with E-state index in [1.807, 2.05) is 80.6 Å². The summed E-state index contributed by atoms with van der Waals surface area (Å²) < 4.78 is 61.6. The van der Waals surface area contributed by atoms with Gasteiger partial charge in [0, 0.05) is 18.8 Å². The van der Waals surface area contributed by atoms with E-state index in [1.165, 1.54) is 12.1 Å². The van der Waals surface area contributed by atoms with Gasteiger partial charge in [0.05, 0.1) is 29.2 Å². The van der Waals surface area contributed by atoms with E-state index in [9.17, 15) is 14.0 Å². The zero-order valence-electron chi connectivity index (χ0n) is 26.1. The Morgan fingerprint density at radius 3 is 1.96 bits per heavy atom. The minimum Gasteiger partial charge on any atom is -0.334 e. The molecule has 6 aromatic rings. The van der Waals surface area contributed by atoms with Crippen molar-refractivity contribution in [1.82, 2.24) is 14.5 Å². The fourth-order valence-corrected chi connectivity index (χ4v) is 6.05. The molecule has 0 aliphatic rings. The van der Waals surface area contributed by atoms with E-state index in [0.29, 0.717) is 11.4 Å². The number of imidazole rings is 1. The third kappa shape index (κ3) is 5.20. The summed E-state index contributed by atoms with van der Waals surface area (Å²) in [7, 11) is 1.67. The van der Waals surface area contributed by atoms with Crippen LogP contribution in [-0.2, 0) is 12.5 Å². The van der Waals surface area contributed by atoms with Gasteiger partial charge in [0.15, 0.2) is 5.82 Å². The Hall–Kier alpha value is -6.06. The topological polar surface area (TPSA) is 58.9 Å². The van der Waals surface area contributed by atoms with Crippen molar-refractivity contribution in [3.05, 3.63) is 172 Å². The fourth-order valence-electron chi connectivity index (χ4n) is 6.05. The second-order valence-corrected chi connectivity index (χ2v) is 11.6. The third-order valence-corrected chi connectivity index (χ3v) is 8.47. The highest BCUT2D eigenvalue weighted by Crippen LogP contribution is 2.46. The van der Waals surface area contributed by atoms with Crippen LogP contribution < -0.4 is 0 Å². The van der Waals surface area contributed by atoms with Gasteiger partial charge in [-0.15, -0.1) is 0 Å². The molecule has 5 nitrogen and oxygen atoms in total. The largest absolute Gasteiger partial charge is 0.334 e. The van der Waals surface area contributed by atoms with Crippen molar-refractivity contribution in [2.24, 2.45) is 7.05 Å². The van der Waals surface area contributed by atoms with Crippen molar-refractivity contribution in [2.45, 2.75) is 25.2 Å². The SMILES string of the molecule is [C-]#[N+]c1c(F)ccc(-c2cc(C(C)C)cc(C(c3ccccc3)(c3ccccc3)c3cn(C)c(-c4ccc(F)c(C#N)c4F)n3)n2)c1F. The van der Waals surface area contributed by atoms with Crippen LogP contribution in [0.2, 0.25) is 0 Å². The first-order valence-electron chi connectivity index (χ1n) is 15.0. The lowest BCUT2D eigenvalue weighted by Crippen LogP contribution is -2.33. The third-order valence-electron chi connectivity index (χ3n) is 8.47. The monoisotopic (exact) mass is 641 g/mol. The van der Waals surface area contributed by atoms with Gasteiger partial charge >= 0.3 is 0 Å². The van der Waals surface area contributed by atoms with Gasteiger partial charge < -0.3 is 4.57 Å². The molecular weight excluding hydrogens is 614 g/mol. The lowest BCUT2D eigenvalue weighted by molar-refractivity contribution is 0.578. The molecule has 0 fully saturated rings. The highest BCUT2D eigenvalue weighted by Gasteiger charge is 2.43. The standard InChI is InChI=1S/C39H27F4N5/c1-23(2)24-19-32(27-15-18-31(41)37(45-3)36(27)43)46-33(20-24)39(25-11-7-5-8-12-25,26-13-9-6-10-14-26)34-22-48(4)38(47-34)28-16-17-30(40)29(21-44)35(28)42/h5-20,22-23H,1-2,4H3. The van der Waals surface area contributed by atoms with Gasteiger partial charge in [0.1, 0.15) is 40.3 Å². The van der Waals surface area contributed by atoms with Crippen LogP contribution in [-0.4, -0.2) is 14.5 Å². The molecule has 0 spiro atoms. The molecule has 6 rings (SSSR count). The molecule has 236 valence electrons. The van der Waals surface area contributed by atoms with Gasteiger partial charge in [0.25, 0.3) is 5.69 Å². The number of halogens is 4. The summed E-state index contributed by atoms with van der Waals surface area (Å²) in [5, 5.41) is 9.45. The van der Waals surface area contributed by atoms with Gasteiger partial charge in [-0.3, -0.25) is 4.98 Å². The Bertz CT molecular complexity index is 2210. The van der Waals surface area contributed by atoms with E-state index in [-0.39, 0.29) is 28.6 Å². The van der Waals surface area contributed by atoms with Gasteiger partial charge in [-0.1, -0.05) is 74.5 Å². The second kappa shape index (κ2) is 12.6. The second-order valence-electron chi connectivity index (χ2n) is 11.6. The van der Waals surface area contributed by atoms with Crippen molar-refractivity contribution >= 4 is 5.69 Å². The Labute approximate surface area is 275 Å². The van der Waals surface area contributed by atoms with E-state index in [2.05, 4.69) is 4.85 Å². The molecule has 0 N–H and O–H groups in total. The molecule has 0 atom stereocenters. The van der Waals surface area contributed by atoms with Crippen LogP contribution in [0.1, 0.15) is 53.4 Å². The smallest absolute Gasteiger partial charge is 0.257 e. The molecule has 2 aromatic heterocycles. The van der Waals surface area contributed by atoms with Crippen LogP contribution in [0.5, 0.6) is 0 Å². The van der Waals surface area contributed by atoms with Gasteiger partial charge in [-0.2, -0.15) is 5.26 Å². The molecule has 0 bridgehead atoms. The number of nitriles is 1. The maximum absolute atomic E-state index is 15.7. The van der Waals surface area contributed by atoms with E-state index in [1.54, 1.807) is 29.9 Å². The molecular formula is C39H27F4N5. The average Bonchev–Trinajstić information content (AvgIpc) is 3.47. The summed E-state index contributed by atoms with van der Waals surface area (Å²) in [5.41, 5.74) is 0.469. The van der Waals surface area contributed by atoms with E-state index >= 15 is 8.78 Å². The molecule has 0 radical (unpaired) electrons. The normalized spacial score (nSPS) is 11.4. The molecule has 0 saturated carbocycles. The number of nitrogens with zero attached hydrogens (tertiary/aromatic N) is 5. The highest BCUT2D eigenvalue weighted by atomic mass is 19.1. The molecule has 0 saturated heterocycles. The zero-order valence-corrected chi connectivity index (χ0v) is 26.1. The number of hydrogen-bond acceptors (Lipinski definition) is 3. The first-order chi connectivity index (χ1) is 23.1. The summed E-state index contributed by atoms with van der Waals surface area (Å²) in [6.07, 6.45) is 1.73. The van der Waals surface area contributed by atoms with Crippen LogP contribution in [0.25, 0.3) is 27.5 Å². The maximum atomic E-state index is 15.7. The molecule has 48 heavy (non-hydrogen) atoms. The summed E-state index contributed by atoms with van der Waals surface area (Å²) >= 11 is 0. The van der Waals surface area contributed by atoms with Crippen LogP contribution in [0.15, 0.2) is 103 Å². The Kier molecular flexibility index (Phi) is 8.39. The van der Waals surface area contributed by atoms with Crippen LogP contribution in [0, 0.1) is 41.2 Å². The van der Waals surface area contributed by atoms with Gasteiger partial charge in [0.2, 0.25) is 0 Å². The van der Waals surface area contributed by atoms with Crippen molar-refractivity contribution in [3.8, 4) is 28.7 Å². The predicted octanol–water partition coefficient (Wildman–Crippen LogP) is 9.63. The van der Waals surface area contributed by atoms with E-state index in [4.69, 9.17) is 16.5 Å². The lowest BCUT2D eigenvalue weighted by atomic mass is 9.69. The first kappa shape index (κ1) is 31.9. The molecule has 0 amide bonds. The minimum atomic E-state index is -1.29. The van der Waals surface area contributed by atoms with E-state index < -0.39 is 39.9 Å². The van der Waals surface area contributed by atoms with Gasteiger partial charge in [-0.25, -0.2) is 27.4 Å². The number of aromatic nitrogens is 3. The quantitative estimate of drug-likeness (QED) is 0.129.